The minimum Gasteiger partial charge on any atom is -0.455 e. The van der Waals surface area contributed by atoms with Crippen LogP contribution in [0.15, 0.2) is 0 Å². The van der Waals surface area contributed by atoms with Crippen molar-refractivity contribution in [2.24, 2.45) is 40.4 Å². The summed E-state index contributed by atoms with van der Waals surface area (Å²) in [5.74, 6) is 1.48. The first kappa shape index (κ1) is 21.8. The molecule has 4 aliphatic carbocycles. The molecule has 4 saturated carbocycles. The van der Waals surface area contributed by atoms with Crippen LogP contribution in [0.2, 0.25) is 0 Å². The summed E-state index contributed by atoms with van der Waals surface area (Å²) < 4.78 is 5.55. The van der Waals surface area contributed by atoms with Crippen molar-refractivity contribution in [3.8, 4) is 0 Å². The Kier molecular flexibility index (Phi) is 5.14. The maximum atomic E-state index is 13.1. The fourth-order valence-electron chi connectivity index (χ4n) is 7.22. The standard InChI is InChI=1S/C25H39NO4/c1-23(2,3)12-19(24(4,5)6)22(29)30-14-21(28)26-20(27)13-25(26)17-8-15-7-16(10-17)11-18(25)9-15/h15-19H,7-14H2,1-6H3. The number of hydrogen-bond donors (Lipinski definition) is 0. The van der Waals surface area contributed by atoms with Crippen LogP contribution in [0.25, 0.3) is 0 Å². The summed E-state index contributed by atoms with van der Waals surface area (Å²) in [6, 6.07) is 0. The molecule has 1 atom stereocenters. The van der Waals surface area contributed by atoms with Crippen molar-refractivity contribution in [1.82, 2.24) is 4.90 Å². The van der Waals surface area contributed by atoms with Crippen molar-refractivity contribution < 1.29 is 19.1 Å². The molecule has 0 N–H and O–H groups in total. The van der Waals surface area contributed by atoms with Gasteiger partial charge in [-0.05, 0) is 73.0 Å². The molecule has 1 aliphatic heterocycles. The van der Waals surface area contributed by atoms with Crippen molar-refractivity contribution in [2.45, 2.75) is 92.0 Å². The van der Waals surface area contributed by atoms with E-state index in [0.29, 0.717) is 24.7 Å². The van der Waals surface area contributed by atoms with E-state index in [4.69, 9.17) is 4.74 Å². The highest BCUT2D eigenvalue weighted by atomic mass is 16.5. The molecule has 1 spiro atoms. The number of esters is 1. The molecule has 0 aromatic heterocycles. The van der Waals surface area contributed by atoms with Gasteiger partial charge in [0.05, 0.1) is 17.9 Å². The van der Waals surface area contributed by atoms with Gasteiger partial charge in [0.1, 0.15) is 0 Å². The summed E-state index contributed by atoms with van der Waals surface area (Å²) in [5, 5.41) is 0. The first-order valence-electron chi connectivity index (χ1n) is 11.8. The zero-order chi connectivity index (χ0) is 22.1. The molecule has 30 heavy (non-hydrogen) atoms. The third kappa shape index (κ3) is 3.60. The van der Waals surface area contributed by atoms with Gasteiger partial charge < -0.3 is 4.74 Å². The van der Waals surface area contributed by atoms with Crippen LogP contribution in [-0.4, -0.2) is 34.8 Å². The lowest BCUT2D eigenvalue weighted by molar-refractivity contribution is -0.206. The maximum Gasteiger partial charge on any atom is 0.309 e. The van der Waals surface area contributed by atoms with Crippen LogP contribution < -0.4 is 0 Å². The first-order chi connectivity index (χ1) is 13.8. The summed E-state index contributed by atoms with van der Waals surface area (Å²) in [4.78, 5) is 40.1. The van der Waals surface area contributed by atoms with E-state index in [1.807, 2.05) is 20.8 Å². The van der Waals surface area contributed by atoms with E-state index in [1.54, 1.807) is 0 Å². The van der Waals surface area contributed by atoms with Gasteiger partial charge in [-0.15, -0.1) is 0 Å². The first-order valence-corrected chi connectivity index (χ1v) is 11.8. The summed E-state index contributed by atoms with van der Waals surface area (Å²) in [6.45, 7) is 12.1. The molecule has 5 heteroatoms. The van der Waals surface area contributed by atoms with Gasteiger partial charge in [0.25, 0.3) is 5.91 Å². The van der Waals surface area contributed by atoms with E-state index in [1.165, 1.54) is 11.3 Å². The van der Waals surface area contributed by atoms with E-state index in [-0.39, 0.29) is 46.7 Å². The molecule has 2 amide bonds. The van der Waals surface area contributed by atoms with Gasteiger partial charge in [-0.2, -0.15) is 0 Å². The number of ether oxygens (including phenoxy) is 1. The molecule has 5 rings (SSSR count). The van der Waals surface area contributed by atoms with Gasteiger partial charge in [0.15, 0.2) is 6.61 Å². The van der Waals surface area contributed by atoms with Gasteiger partial charge in [-0.1, -0.05) is 41.5 Å². The number of amides is 2. The smallest absolute Gasteiger partial charge is 0.309 e. The zero-order valence-corrected chi connectivity index (χ0v) is 19.6. The van der Waals surface area contributed by atoms with Crippen LogP contribution in [0.5, 0.6) is 0 Å². The number of rotatable bonds is 4. The number of likely N-dealkylation sites (tertiary alicyclic amines) is 1. The number of carbonyl (C=O) groups is 3. The predicted molar refractivity (Wildman–Crippen MR) is 114 cm³/mol. The Bertz CT molecular complexity index is 713. The van der Waals surface area contributed by atoms with Crippen molar-refractivity contribution in [3.63, 3.8) is 0 Å². The van der Waals surface area contributed by atoms with Crippen molar-refractivity contribution >= 4 is 17.8 Å². The second kappa shape index (κ2) is 7.06. The Labute approximate surface area is 181 Å². The number of imide groups is 1. The van der Waals surface area contributed by atoms with Crippen molar-refractivity contribution in [2.75, 3.05) is 6.61 Å². The lowest BCUT2D eigenvalue weighted by Crippen LogP contribution is -2.76. The third-order valence-electron chi connectivity index (χ3n) is 8.39. The van der Waals surface area contributed by atoms with Crippen LogP contribution in [-0.2, 0) is 19.1 Å². The lowest BCUT2D eigenvalue weighted by atomic mass is 9.45. The molecule has 168 valence electrons. The minimum atomic E-state index is -0.321. The van der Waals surface area contributed by atoms with Gasteiger partial charge in [0.2, 0.25) is 5.91 Å². The highest BCUT2D eigenvalue weighted by molar-refractivity contribution is 6.03. The second-order valence-corrected chi connectivity index (χ2v) is 12.9. The van der Waals surface area contributed by atoms with E-state index in [2.05, 4.69) is 20.8 Å². The third-order valence-corrected chi connectivity index (χ3v) is 8.39. The highest BCUT2D eigenvalue weighted by Crippen LogP contribution is 2.64. The normalized spacial score (nSPS) is 36.1. The Morgan fingerprint density at radius 1 is 1.00 bits per heavy atom. The van der Waals surface area contributed by atoms with Crippen LogP contribution in [0.3, 0.4) is 0 Å². The number of hydrogen-bond acceptors (Lipinski definition) is 4. The average Bonchev–Trinajstić information content (AvgIpc) is 2.58. The van der Waals surface area contributed by atoms with E-state index in [9.17, 15) is 14.4 Å². The maximum absolute atomic E-state index is 13.1. The predicted octanol–water partition coefficient (Wildman–Crippen LogP) is 4.58. The van der Waals surface area contributed by atoms with Crippen LogP contribution in [0.1, 0.15) is 86.5 Å². The monoisotopic (exact) mass is 417 g/mol. The van der Waals surface area contributed by atoms with Gasteiger partial charge in [0, 0.05) is 0 Å². The summed E-state index contributed by atoms with van der Waals surface area (Å²) in [5.41, 5.74) is -0.537. The number of carbonyl (C=O) groups excluding carboxylic acids is 3. The van der Waals surface area contributed by atoms with Gasteiger partial charge in [-0.25, -0.2) is 0 Å². The van der Waals surface area contributed by atoms with E-state index >= 15 is 0 Å². The van der Waals surface area contributed by atoms with Gasteiger partial charge >= 0.3 is 5.97 Å². The summed E-state index contributed by atoms with van der Waals surface area (Å²) >= 11 is 0. The summed E-state index contributed by atoms with van der Waals surface area (Å²) in [6.07, 6.45) is 7.16. The molecular weight excluding hydrogens is 378 g/mol. The fourth-order valence-corrected chi connectivity index (χ4v) is 7.22. The average molecular weight is 418 g/mol. The molecule has 1 unspecified atom stereocenters. The molecular formula is C25H39NO4. The quantitative estimate of drug-likeness (QED) is 0.496. The number of nitrogens with zero attached hydrogens (tertiary/aromatic N) is 1. The Hall–Kier alpha value is -1.39. The zero-order valence-electron chi connectivity index (χ0n) is 19.6. The molecule has 5 fully saturated rings. The van der Waals surface area contributed by atoms with Gasteiger partial charge in [-0.3, -0.25) is 19.3 Å². The number of β-lactam (4-membered cyclic amide) rings is 1. The molecule has 5 aliphatic rings. The summed E-state index contributed by atoms with van der Waals surface area (Å²) in [7, 11) is 0. The van der Waals surface area contributed by atoms with E-state index in [0.717, 1.165) is 37.5 Å². The SMILES string of the molecule is CC(C)(C)CC(C(=O)OCC(=O)N1C(=O)CC12C1CC3CC(C1)CC2C3)C(C)(C)C. The topological polar surface area (TPSA) is 63.7 Å². The molecule has 0 aromatic carbocycles. The Morgan fingerprint density at radius 3 is 1.97 bits per heavy atom. The fraction of sp³-hybridized carbons (Fsp3) is 0.880. The minimum absolute atomic E-state index is 0.0150. The molecule has 1 heterocycles. The highest BCUT2D eigenvalue weighted by Gasteiger charge is 2.67. The van der Waals surface area contributed by atoms with Crippen LogP contribution in [0.4, 0.5) is 0 Å². The largest absolute Gasteiger partial charge is 0.455 e. The second-order valence-electron chi connectivity index (χ2n) is 12.9. The van der Waals surface area contributed by atoms with Crippen molar-refractivity contribution in [1.29, 1.82) is 0 Å². The van der Waals surface area contributed by atoms with Crippen LogP contribution in [0, 0.1) is 40.4 Å². The Balaban J connectivity index is 1.43. The molecule has 0 radical (unpaired) electrons. The van der Waals surface area contributed by atoms with Crippen molar-refractivity contribution in [3.05, 3.63) is 0 Å². The van der Waals surface area contributed by atoms with Crippen LogP contribution >= 0.6 is 0 Å². The Morgan fingerprint density at radius 2 is 1.53 bits per heavy atom. The molecule has 4 bridgehead atoms. The molecule has 5 nitrogen and oxygen atoms in total. The van der Waals surface area contributed by atoms with E-state index < -0.39 is 0 Å². The molecule has 1 saturated heterocycles. The lowest BCUT2D eigenvalue weighted by Gasteiger charge is -2.67. The molecule has 0 aromatic rings.